The van der Waals surface area contributed by atoms with Gasteiger partial charge in [-0.1, -0.05) is 6.07 Å². The first kappa shape index (κ1) is 18.0. The lowest BCUT2D eigenvalue weighted by molar-refractivity contribution is -0.0500. The summed E-state index contributed by atoms with van der Waals surface area (Å²) in [5, 5.41) is 0. The lowest BCUT2D eigenvalue weighted by atomic mass is 10.1. The molecular formula is C14H19F3N2O3S. The molecule has 5 nitrogen and oxygen atoms in total. The maximum atomic E-state index is 12.3. The molecule has 0 atom stereocenters. The predicted molar refractivity (Wildman–Crippen MR) is 79.6 cm³/mol. The van der Waals surface area contributed by atoms with Gasteiger partial charge in [-0.2, -0.15) is 21.6 Å². The molecule has 1 aromatic rings. The highest BCUT2D eigenvalue weighted by molar-refractivity contribution is 7.88. The van der Waals surface area contributed by atoms with Crippen molar-refractivity contribution in [1.82, 2.24) is 9.80 Å². The third kappa shape index (κ3) is 4.58. The molecule has 0 amide bonds. The predicted octanol–water partition coefficient (Wildman–Crippen LogP) is 1.97. The van der Waals surface area contributed by atoms with Crippen LogP contribution in [-0.4, -0.2) is 57.0 Å². The number of alkyl halides is 3. The van der Waals surface area contributed by atoms with E-state index in [-0.39, 0.29) is 5.75 Å². The van der Waals surface area contributed by atoms with E-state index in [1.54, 1.807) is 13.0 Å². The van der Waals surface area contributed by atoms with E-state index in [9.17, 15) is 21.6 Å². The van der Waals surface area contributed by atoms with Crippen LogP contribution in [-0.2, 0) is 16.7 Å². The Morgan fingerprint density at radius 3 is 2.30 bits per heavy atom. The Morgan fingerprint density at radius 1 is 1.17 bits per heavy atom. The highest BCUT2D eigenvalue weighted by atomic mass is 32.2. The molecule has 23 heavy (non-hydrogen) atoms. The molecular weight excluding hydrogens is 333 g/mol. The van der Waals surface area contributed by atoms with E-state index in [1.807, 2.05) is 0 Å². The van der Waals surface area contributed by atoms with Crippen LogP contribution in [0.2, 0.25) is 0 Å². The van der Waals surface area contributed by atoms with Gasteiger partial charge in [-0.25, -0.2) is 0 Å². The summed E-state index contributed by atoms with van der Waals surface area (Å²) in [6.07, 6.45) is 0. The van der Waals surface area contributed by atoms with Gasteiger partial charge in [-0.05, 0) is 37.2 Å². The molecule has 1 saturated heterocycles. The fraction of sp³-hybridized carbons (Fsp3) is 0.571. The first-order valence-electron chi connectivity index (χ1n) is 7.10. The molecule has 0 saturated carbocycles. The number of hydrogen-bond donors (Lipinski definition) is 0. The second kappa shape index (κ2) is 6.66. The number of aryl methyl sites for hydroxylation is 1. The first-order chi connectivity index (χ1) is 10.6. The fourth-order valence-corrected chi connectivity index (χ4v) is 2.77. The molecule has 0 unspecified atom stereocenters. The van der Waals surface area contributed by atoms with E-state index in [0.29, 0.717) is 12.1 Å². The molecule has 0 bridgehead atoms. The quantitative estimate of drug-likeness (QED) is 0.613. The smallest absolute Gasteiger partial charge is 0.376 e. The van der Waals surface area contributed by atoms with Crippen molar-refractivity contribution in [3.8, 4) is 5.75 Å². The summed E-state index contributed by atoms with van der Waals surface area (Å²) in [7, 11) is -3.58. The van der Waals surface area contributed by atoms with Gasteiger partial charge in [0, 0.05) is 32.7 Å². The SMILES string of the molecule is Cc1cc(OS(=O)(=O)C(F)(F)F)ccc1CN1CCN(C)CC1. The number of piperazine rings is 1. The third-order valence-electron chi connectivity index (χ3n) is 3.79. The van der Waals surface area contributed by atoms with Gasteiger partial charge < -0.3 is 9.08 Å². The zero-order valence-electron chi connectivity index (χ0n) is 12.9. The third-order valence-corrected chi connectivity index (χ3v) is 4.77. The topological polar surface area (TPSA) is 49.9 Å². The van der Waals surface area contributed by atoms with Crippen LogP contribution in [0.1, 0.15) is 11.1 Å². The molecule has 0 aromatic heterocycles. The Balaban J connectivity index is 2.06. The van der Waals surface area contributed by atoms with Gasteiger partial charge in [0.25, 0.3) is 0 Å². The highest BCUT2D eigenvalue weighted by Gasteiger charge is 2.48. The van der Waals surface area contributed by atoms with Gasteiger partial charge in [0.15, 0.2) is 0 Å². The van der Waals surface area contributed by atoms with E-state index in [1.165, 1.54) is 12.1 Å². The molecule has 0 radical (unpaired) electrons. The van der Waals surface area contributed by atoms with Gasteiger partial charge in [0.05, 0.1) is 0 Å². The van der Waals surface area contributed by atoms with Crippen molar-refractivity contribution in [1.29, 1.82) is 0 Å². The van der Waals surface area contributed by atoms with Gasteiger partial charge >= 0.3 is 15.6 Å². The van der Waals surface area contributed by atoms with Crippen molar-refractivity contribution in [3.05, 3.63) is 29.3 Å². The van der Waals surface area contributed by atoms with Gasteiger partial charge in [0.1, 0.15) is 5.75 Å². The van der Waals surface area contributed by atoms with E-state index in [2.05, 4.69) is 21.0 Å². The van der Waals surface area contributed by atoms with Crippen LogP contribution in [0.15, 0.2) is 18.2 Å². The van der Waals surface area contributed by atoms with Crippen molar-refractivity contribution in [3.63, 3.8) is 0 Å². The summed E-state index contributed by atoms with van der Waals surface area (Å²) in [5.74, 6) is -0.332. The standard InChI is InChI=1S/C14H19F3N2O3S/c1-11-9-13(22-23(20,21)14(15,16)17)4-3-12(11)10-19-7-5-18(2)6-8-19/h3-4,9H,5-8,10H2,1-2H3. The monoisotopic (exact) mass is 352 g/mol. The lowest BCUT2D eigenvalue weighted by Crippen LogP contribution is -2.43. The minimum Gasteiger partial charge on any atom is -0.376 e. The average molecular weight is 352 g/mol. The number of halogens is 3. The Hall–Kier alpha value is -1.32. The Morgan fingerprint density at radius 2 is 1.78 bits per heavy atom. The van der Waals surface area contributed by atoms with Crippen molar-refractivity contribution in [2.45, 2.75) is 19.0 Å². The van der Waals surface area contributed by atoms with Crippen LogP contribution in [0.4, 0.5) is 13.2 Å². The minimum absolute atomic E-state index is 0.332. The summed E-state index contributed by atoms with van der Waals surface area (Å²) in [4.78, 5) is 4.47. The van der Waals surface area contributed by atoms with E-state index < -0.39 is 15.6 Å². The lowest BCUT2D eigenvalue weighted by Gasteiger charge is -2.32. The summed E-state index contributed by atoms with van der Waals surface area (Å²) in [5.41, 5.74) is -3.80. The van der Waals surface area contributed by atoms with Crippen LogP contribution in [0, 0.1) is 6.92 Å². The first-order valence-corrected chi connectivity index (χ1v) is 8.50. The fourth-order valence-electron chi connectivity index (χ4n) is 2.32. The number of hydrogen-bond acceptors (Lipinski definition) is 5. The number of benzene rings is 1. The largest absolute Gasteiger partial charge is 0.534 e. The van der Waals surface area contributed by atoms with E-state index >= 15 is 0 Å². The highest BCUT2D eigenvalue weighted by Crippen LogP contribution is 2.28. The van der Waals surface area contributed by atoms with Crippen molar-refractivity contribution >= 4 is 10.1 Å². The van der Waals surface area contributed by atoms with E-state index in [4.69, 9.17) is 0 Å². The number of rotatable bonds is 4. The van der Waals surface area contributed by atoms with Gasteiger partial charge in [-0.15, -0.1) is 0 Å². The normalized spacial score (nSPS) is 18.1. The van der Waals surface area contributed by atoms with Gasteiger partial charge in [-0.3, -0.25) is 4.90 Å². The molecule has 1 fully saturated rings. The Kier molecular flexibility index (Phi) is 5.22. The van der Waals surface area contributed by atoms with Crippen molar-refractivity contribution in [2.75, 3.05) is 33.2 Å². The van der Waals surface area contributed by atoms with Crippen LogP contribution in [0.25, 0.3) is 0 Å². The Labute approximate surface area is 133 Å². The molecule has 1 aliphatic heterocycles. The molecule has 1 aromatic carbocycles. The molecule has 2 rings (SSSR count). The van der Waals surface area contributed by atoms with Crippen LogP contribution < -0.4 is 4.18 Å². The minimum atomic E-state index is -5.63. The van der Waals surface area contributed by atoms with Crippen molar-refractivity contribution in [2.24, 2.45) is 0 Å². The average Bonchev–Trinajstić information content (AvgIpc) is 2.42. The summed E-state index contributed by atoms with van der Waals surface area (Å²) in [6, 6.07) is 4.17. The molecule has 130 valence electrons. The molecule has 1 heterocycles. The summed E-state index contributed by atoms with van der Waals surface area (Å²) >= 11 is 0. The van der Waals surface area contributed by atoms with Crippen LogP contribution in [0.5, 0.6) is 5.75 Å². The molecule has 0 N–H and O–H groups in total. The van der Waals surface area contributed by atoms with Crippen LogP contribution in [0.3, 0.4) is 0 Å². The zero-order chi connectivity index (χ0) is 17.3. The second-order valence-electron chi connectivity index (χ2n) is 5.65. The van der Waals surface area contributed by atoms with Crippen LogP contribution >= 0.6 is 0 Å². The number of nitrogens with zero attached hydrogens (tertiary/aromatic N) is 2. The second-order valence-corrected chi connectivity index (χ2v) is 7.19. The van der Waals surface area contributed by atoms with E-state index in [0.717, 1.165) is 31.7 Å². The zero-order valence-corrected chi connectivity index (χ0v) is 13.7. The summed E-state index contributed by atoms with van der Waals surface area (Å²) < 4.78 is 63.1. The summed E-state index contributed by atoms with van der Waals surface area (Å²) in [6.45, 7) is 6.14. The molecule has 0 aliphatic carbocycles. The molecule has 0 spiro atoms. The maximum Gasteiger partial charge on any atom is 0.534 e. The molecule has 1 aliphatic rings. The number of likely N-dealkylation sites (N-methyl/N-ethyl adjacent to an activating group) is 1. The molecule has 9 heteroatoms. The Bertz CT molecular complexity index is 654. The van der Waals surface area contributed by atoms with Gasteiger partial charge in [0.2, 0.25) is 0 Å². The maximum absolute atomic E-state index is 12.3. The van der Waals surface area contributed by atoms with Crippen molar-refractivity contribution < 1.29 is 25.8 Å².